The van der Waals surface area contributed by atoms with E-state index in [1.165, 1.54) is 68.8 Å². The van der Waals surface area contributed by atoms with Crippen molar-refractivity contribution in [2.24, 2.45) is 0 Å². The molecule has 0 saturated carbocycles. The number of carboxylic acid groups (broad SMARTS) is 4. The summed E-state index contributed by atoms with van der Waals surface area (Å²) in [5, 5.41) is 40.9. The highest BCUT2D eigenvalue weighted by molar-refractivity contribution is 5.98. The molecule has 140 heavy (non-hydrogen) atoms. The zero-order valence-corrected chi connectivity index (χ0v) is 85.9. The lowest BCUT2D eigenvalue weighted by atomic mass is 9.77. The first-order chi connectivity index (χ1) is 65.5. The van der Waals surface area contributed by atoms with Gasteiger partial charge in [0.25, 0.3) is 0 Å². The minimum atomic E-state index is -1.26. The maximum atomic E-state index is 12.5. The van der Waals surface area contributed by atoms with Gasteiger partial charge in [-0.3, -0.25) is 0 Å². The Hall–Kier alpha value is -13.7. The molecule has 0 fully saturated rings. The molecule has 0 bridgehead atoms. The summed E-state index contributed by atoms with van der Waals surface area (Å²) in [6.45, 7) is 55.4. The third kappa shape index (κ3) is 24.2. The Morgan fingerprint density at radius 3 is 0.664 bits per heavy atom. The second-order valence-corrected chi connectivity index (χ2v) is 46.4. The van der Waals surface area contributed by atoms with Crippen LogP contribution in [0.25, 0.3) is 55.9 Å². The first-order valence-electron chi connectivity index (χ1n) is 48.6. The summed E-state index contributed by atoms with van der Waals surface area (Å²) in [4.78, 5) is 55.8. The van der Waals surface area contributed by atoms with Crippen LogP contribution in [-0.2, 0) is 115 Å². The van der Waals surface area contributed by atoms with Crippen molar-refractivity contribution in [3.63, 3.8) is 0 Å². The lowest BCUT2D eigenvalue weighted by molar-refractivity contribution is 0.0676. The molecule has 16 nitrogen and oxygen atoms in total. The fraction of sp³-hybridized carbons (Fsp3) is 0.347. The number of pyridine rings is 1. The molecule has 0 atom stereocenters. The second-order valence-electron chi connectivity index (χ2n) is 46.4. The quantitative estimate of drug-likeness (QED) is 0.0357. The van der Waals surface area contributed by atoms with Gasteiger partial charge in [-0.2, -0.15) is 0 Å². The highest BCUT2D eigenvalue weighted by Gasteiger charge is 2.33. The number of fused-ring (bicyclic) bond motifs is 6. The number of hydrogen-bond donors (Lipinski definition) is 4. The number of carbonyl (C=O) groups is 4. The van der Waals surface area contributed by atoms with E-state index in [9.17, 15) is 39.6 Å². The van der Waals surface area contributed by atoms with Crippen molar-refractivity contribution in [3.8, 4) is 96.1 Å². The lowest BCUT2D eigenvalue weighted by Gasteiger charge is -2.29. The molecule has 12 aromatic carbocycles. The van der Waals surface area contributed by atoms with E-state index >= 15 is 0 Å². The molecule has 0 radical (unpaired) electrons. The Labute approximate surface area is 826 Å². The molecule has 0 saturated heterocycles. The molecule has 16 heteroatoms. The summed E-state index contributed by atoms with van der Waals surface area (Å²) in [5.74, 6) is -0.962. The first kappa shape index (κ1) is 101. The van der Waals surface area contributed by atoms with Gasteiger partial charge >= 0.3 is 23.9 Å². The van der Waals surface area contributed by atoms with Gasteiger partial charge in [-0.15, -0.1) is 0 Å². The van der Waals surface area contributed by atoms with Crippen molar-refractivity contribution in [2.45, 2.75) is 281 Å². The molecule has 2 aliphatic rings. The smallest absolute Gasteiger partial charge is 0.335 e. The fourth-order valence-electron chi connectivity index (χ4n) is 18.0. The molecular formula is C124H135NO15. The molecule has 15 rings (SSSR count). The van der Waals surface area contributed by atoms with Crippen LogP contribution in [0.4, 0.5) is 0 Å². The number of aryl methyl sites for hydroxylation is 2. The second kappa shape index (κ2) is 39.2. The Balaban J connectivity index is 0.810. The Kier molecular flexibility index (Phi) is 28.2. The normalized spacial score (nSPS) is 12.9. The van der Waals surface area contributed by atoms with Crippen LogP contribution >= 0.6 is 0 Å². The topological polar surface area (TPSA) is 227 Å². The number of carboxylic acids is 4. The third-order valence-electron chi connectivity index (χ3n) is 26.6. The van der Waals surface area contributed by atoms with E-state index in [4.69, 9.17) is 38.1 Å². The van der Waals surface area contributed by atoms with Gasteiger partial charge in [0.1, 0.15) is 86.5 Å². The Morgan fingerprint density at radius 2 is 0.443 bits per heavy atom. The molecule has 0 unspecified atom stereocenters. The predicted octanol–water partition coefficient (Wildman–Crippen LogP) is 29.8. The number of benzene rings is 12. The number of nitrogens with zero attached hydrogens (tertiary/aromatic N) is 1. The Bertz CT molecular complexity index is 6180. The molecule has 1 heterocycles. The van der Waals surface area contributed by atoms with E-state index in [1.54, 1.807) is 0 Å². The van der Waals surface area contributed by atoms with Gasteiger partial charge in [-0.05, 0) is 305 Å². The van der Waals surface area contributed by atoms with Crippen LogP contribution in [0.15, 0.2) is 224 Å². The van der Waals surface area contributed by atoms with Gasteiger partial charge in [-0.25, -0.2) is 24.2 Å². The van der Waals surface area contributed by atoms with Gasteiger partial charge in [0, 0.05) is 29.3 Å². The summed E-state index contributed by atoms with van der Waals surface area (Å²) in [5.41, 5.74) is 25.8. The molecule has 1 aromatic heterocycles. The van der Waals surface area contributed by atoms with Gasteiger partial charge < -0.3 is 53.6 Å². The average molecular weight is 1880 g/mol. The number of ether oxygens (including phenoxy) is 7. The molecule has 0 aliphatic heterocycles. The standard InChI is InChI=1S/C124H135NO15/c1-117(2,3)91-37-73(38-92(59-91)118(4,5)6)66-135-100-47-78(48-101(63-100)136-67-74-39-93(119(7,8)9)60-94(40-74)120(10,11)12)71-139-104-45-77(46-105(65-104)140-72-79-49-102(137-68-75-41-95(121(13,14)15)61-96(42-75)122(16,17)18)64-103(50-79)138-69-76-43-97(123(19,20)21)62-98(44-76)124(22,23)24)70-134-99-33-29-82(30-34-99)110-106-35-31-80-25-27-83(85-51-87(113(126)127)55-88(52-85)114(128)129)57-108(80)111(106)125-112-107(110)36-32-81-26-28-84(58-109(81)112)86-53-89(115(130)131)56-90(54-86)116(132)133/h25-30,33-34,37-65H,31-32,35-36,66-72H2,1-24H3,(H,126,127)(H,128,129)(H,130,131)(H,132,133). The van der Waals surface area contributed by atoms with E-state index in [1.807, 2.05) is 103 Å². The molecule has 0 spiro atoms. The highest BCUT2D eigenvalue weighted by Crippen LogP contribution is 2.49. The maximum Gasteiger partial charge on any atom is 0.335 e. The first-order valence-corrected chi connectivity index (χ1v) is 48.6. The van der Waals surface area contributed by atoms with Crippen molar-refractivity contribution >= 4 is 23.9 Å². The summed E-state index contributed by atoms with van der Waals surface area (Å²) in [6.07, 6.45) is 2.49. The monoisotopic (exact) mass is 1880 g/mol. The van der Waals surface area contributed by atoms with Crippen molar-refractivity contribution < 1.29 is 72.8 Å². The molecule has 13 aromatic rings. The van der Waals surface area contributed by atoms with Gasteiger partial charge in [0.2, 0.25) is 0 Å². The van der Waals surface area contributed by atoms with Crippen LogP contribution in [-0.4, -0.2) is 49.3 Å². The van der Waals surface area contributed by atoms with Crippen LogP contribution in [0.1, 0.15) is 313 Å². The largest absolute Gasteiger partial charge is 0.489 e. The van der Waals surface area contributed by atoms with Gasteiger partial charge in [0.15, 0.2) is 0 Å². The number of aromatic carboxylic acids is 4. The van der Waals surface area contributed by atoms with E-state index in [0.29, 0.717) is 126 Å². The molecule has 0 amide bonds. The van der Waals surface area contributed by atoms with Crippen LogP contribution in [0.3, 0.4) is 0 Å². The third-order valence-corrected chi connectivity index (χ3v) is 26.6. The number of aromatic nitrogens is 1. The van der Waals surface area contributed by atoms with E-state index in [0.717, 1.165) is 95.6 Å². The van der Waals surface area contributed by atoms with Crippen LogP contribution < -0.4 is 33.2 Å². The molecule has 726 valence electrons. The number of rotatable bonds is 28. The van der Waals surface area contributed by atoms with E-state index in [2.05, 4.69) is 251 Å². The van der Waals surface area contributed by atoms with Crippen molar-refractivity contribution in [1.82, 2.24) is 4.98 Å². The van der Waals surface area contributed by atoms with Gasteiger partial charge in [-0.1, -0.05) is 275 Å². The highest BCUT2D eigenvalue weighted by atomic mass is 16.5. The molecule has 2 aliphatic carbocycles. The SMILES string of the molecule is CC(C)(C)c1cc(COc2cc(COc3cc(COc4ccc(-c5c6c(nc7c5CCc5ccc(-c8cc(C(=O)O)cc(C(=O)O)c8)cc5-7)-c5cc(-c7cc(C(=O)O)cc(C(=O)O)c7)ccc5CC6)cc4)cc(OCc4cc(OCc5cc(C(C)(C)C)cc(C(C)(C)C)c5)cc(OCc5cc(C(C)(C)C)cc(C(C)(C)C)c5)c4)c3)cc(OCc3cc(C(C)(C)C)cc(C(C)(C)C)c3)c2)cc(C(C)(C)C)c1. The average Bonchev–Trinajstić information content (AvgIpc) is 0.722. The zero-order valence-electron chi connectivity index (χ0n) is 85.9. The van der Waals surface area contributed by atoms with E-state index in [-0.39, 0.29) is 85.4 Å². The predicted molar refractivity (Wildman–Crippen MR) is 559 cm³/mol. The zero-order chi connectivity index (χ0) is 101. The molecular weight excluding hydrogens is 1740 g/mol. The fourth-order valence-corrected chi connectivity index (χ4v) is 18.0. The minimum Gasteiger partial charge on any atom is -0.489 e. The lowest BCUT2D eigenvalue weighted by Crippen LogP contribution is -2.17. The van der Waals surface area contributed by atoms with Crippen LogP contribution in [0, 0.1) is 0 Å². The maximum absolute atomic E-state index is 12.5. The van der Waals surface area contributed by atoms with Crippen molar-refractivity contribution in [1.29, 1.82) is 0 Å². The molecule has 4 N–H and O–H groups in total. The number of hydrogen-bond acceptors (Lipinski definition) is 12. The summed E-state index contributed by atoms with van der Waals surface area (Å²) >= 11 is 0. The van der Waals surface area contributed by atoms with E-state index < -0.39 is 23.9 Å². The van der Waals surface area contributed by atoms with Crippen molar-refractivity contribution in [2.75, 3.05) is 0 Å². The van der Waals surface area contributed by atoms with Crippen molar-refractivity contribution in [3.05, 3.63) is 352 Å². The minimum absolute atomic E-state index is 0.0852. The van der Waals surface area contributed by atoms with Gasteiger partial charge in [0.05, 0.1) is 33.6 Å². The summed E-state index contributed by atoms with van der Waals surface area (Å²) < 4.78 is 48.7. The van der Waals surface area contributed by atoms with Crippen LogP contribution in [0.2, 0.25) is 0 Å². The summed E-state index contributed by atoms with van der Waals surface area (Å²) in [7, 11) is 0. The Morgan fingerprint density at radius 1 is 0.229 bits per heavy atom. The summed E-state index contributed by atoms with van der Waals surface area (Å²) in [6, 6.07) is 73.2. The van der Waals surface area contributed by atoms with Crippen LogP contribution in [0.5, 0.6) is 40.2 Å².